The van der Waals surface area contributed by atoms with Crippen LogP contribution in [-0.2, 0) is 23.8 Å². The number of esters is 2. The Balaban J connectivity index is 2.33. The summed E-state index contributed by atoms with van der Waals surface area (Å²) in [4.78, 5) is 47.4. The third-order valence-corrected chi connectivity index (χ3v) is 3.99. The van der Waals surface area contributed by atoms with Crippen molar-refractivity contribution in [2.45, 2.75) is 38.5 Å². The Morgan fingerprint density at radius 3 is 2.62 bits per heavy atom. The van der Waals surface area contributed by atoms with E-state index in [2.05, 4.69) is 0 Å². The van der Waals surface area contributed by atoms with Gasteiger partial charge in [0.25, 0.3) is 5.56 Å². The first-order valence-corrected chi connectivity index (χ1v) is 7.89. The number of hydrogen-bond acceptors (Lipinski definition) is 7. The molecule has 1 aliphatic heterocycles. The fourth-order valence-corrected chi connectivity index (χ4v) is 2.67. The third-order valence-electron chi connectivity index (χ3n) is 3.22. The number of aromatic amines is 1. The molecule has 0 bridgehead atoms. The van der Waals surface area contributed by atoms with Crippen LogP contribution in [-0.4, -0.2) is 46.5 Å². The summed E-state index contributed by atoms with van der Waals surface area (Å²) in [5.41, 5.74) is -1.49. The van der Waals surface area contributed by atoms with Crippen LogP contribution in [0.3, 0.4) is 0 Å². The normalized spacial score (nSPS) is 26.2. The van der Waals surface area contributed by atoms with Gasteiger partial charge in [0.05, 0.1) is 3.57 Å². The van der Waals surface area contributed by atoms with Crippen LogP contribution in [0, 0.1) is 3.57 Å². The molecule has 0 spiro atoms. The van der Waals surface area contributed by atoms with Crippen LogP contribution in [0.4, 0.5) is 4.39 Å². The number of nitrogens with zero attached hydrogens (tertiary/aromatic N) is 1. The molecule has 0 amide bonds. The van der Waals surface area contributed by atoms with Gasteiger partial charge in [0.1, 0.15) is 12.7 Å². The van der Waals surface area contributed by atoms with Crippen LogP contribution in [0.2, 0.25) is 0 Å². The van der Waals surface area contributed by atoms with Gasteiger partial charge in [0.2, 0.25) is 0 Å². The number of halogens is 2. The maximum Gasteiger partial charge on any atom is 0.330 e. The van der Waals surface area contributed by atoms with Crippen molar-refractivity contribution in [3.05, 3.63) is 30.6 Å². The van der Waals surface area contributed by atoms with Crippen molar-refractivity contribution < 1.29 is 28.2 Å². The predicted molar refractivity (Wildman–Crippen MR) is 85.0 cm³/mol. The Bertz CT molecular complexity index is 761. The van der Waals surface area contributed by atoms with E-state index in [1.165, 1.54) is 0 Å². The molecule has 1 saturated heterocycles. The molecular weight excluding hydrogens is 442 g/mol. The van der Waals surface area contributed by atoms with Crippen molar-refractivity contribution in [2.75, 3.05) is 6.61 Å². The Hall–Kier alpha value is -1.76. The summed E-state index contributed by atoms with van der Waals surface area (Å²) in [5.74, 6) is -1.36. The van der Waals surface area contributed by atoms with Crippen LogP contribution in [0.15, 0.2) is 15.8 Å². The van der Waals surface area contributed by atoms with Crippen LogP contribution in [0.5, 0.6) is 0 Å². The summed E-state index contributed by atoms with van der Waals surface area (Å²) in [5, 5.41) is 0. The van der Waals surface area contributed by atoms with E-state index < -0.39 is 47.8 Å². The van der Waals surface area contributed by atoms with E-state index in [0.717, 1.165) is 24.6 Å². The summed E-state index contributed by atoms with van der Waals surface area (Å²) in [6, 6.07) is 0. The second kappa shape index (κ2) is 7.42. The second-order valence-electron chi connectivity index (χ2n) is 5.03. The first-order chi connectivity index (χ1) is 11.2. The van der Waals surface area contributed by atoms with Crippen LogP contribution in [0.1, 0.15) is 20.1 Å². The highest BCUT2D eigenvalue weighted by molar-refractivity contribution is 14.1. The number of carbonyl (C=O) groups excluding carboxylic acids is 2. The number of H-pyrrole nitrogens is 1. The molecule has 1 N–H and O–H groups in total. The predicted octanol–water partition coefficient (Wildman–Crippen LogP) is -0.129. The number of alkyl halides is 1. The zero-order valence-corrected chi connectivity index (χ0v) is 14.8. The minimum atomic E-state index is -1.89. The summed E-state index contributed by atoms with van der Waals surface area (Å²) < 4.78 is 30.8. The van der Waals surface area contributed by atoms with Gasteiger partial charge in [-0.1, -0.05) is 0 Å². The summed E-state index contributed by atoms with van der Waals surface area (Å²) in [6.45, 7) is 1.91. The highest BCUT2D eigenvalue weighted by Crippen LogP contribution is 2.33. The highest BCUT2D eigenvalue weighted by atomic mass is 127. The van der Waals surface area contributed by atoms with Gasteiger partial charge in [-0.15, -0.1) is 0 Å². The Labute approximate surface area is 148 Å². The van der Waals surface area contributed by atoms with Crippen molar-refractivity contribution in [1.29, 1.82) is 0 Å². The first-order valence-electron chi connectivity index (χ1n) is 6.81. The fraction of sp³-hybridized carbons (Fsp3) is 0.538. The van der Waals surface area contributed by atoms with Crippen molar-refractivity contribution in [1.82, 2.24) is 9.55 Å². The average Bonchev–Trinajstić information content (AvgIpc) is 2.77. The molecule has 132 valence electrons. The number of rotatable bonds is 4. The lowest BCUT2D eigenvalue weighted by atomic mass is 10.1. The monoisotopic (exact) mass is 456 g/mol. The molecule has 24 heavy (non-hydrogen) atoms. The van der Waals surface area contributed by atoms with E-state index >= 15 is 0 Å². The zero-order chi connectivity index (χ0) is 18.0. The average molecular weight is 456 g/mol. The Morgan fingerprint density at radius 1 is 1.38 bits per heavy atom. The van der Waals surface area contributed by atoms with E-state index in [0.29, 0.717) is 0 Å². The largest absolute Gasteiger partial charge is 0.463 e. The van der Waals surface area contributed by atoms with Gasteiger partial charge in [-0.3, -0.25) is 23.9 Å². The standard InChI is InChI=1S/C13H14FIN2O7/c1-5(18)22-4-8-10(23-6(2)19)9(14)12(24-8)17-3-7(15)11(20)16-13(17)21/h3,8-10,12H,4H2,1-2H3,(H,16,20,21)/t8-,9?,10?,12-/m1/s1. The summed E-state index contributed by atoms with van der Waals surface area (Å²) >= 11 is 1.68. The number of nitrogens with one attached hydrogen (secondary N) is 1. The SMILES string of the molecule is CC(=O)OC[C@H]1O[C@@H](n2cc(I)c(=O)[nH]c2=O)C(F)C1OC(C)=O. The molecule has 1 aromatic heterocycles. The molecule has 1 aromatic rings. The summed E-state index contributed by atoms with van der Waals surface area (Å²) in [7, 11) is 0. The van der Waals surface area contributed by atoms with E-state index in [1.54, 1.807) is 22.6 Å². The van der Waals surface area contributed by atoms with Crippen molar-refractivity contribution in [3.8, 4) is 0 Å². The molecule has 2 unspecified atom stereocenters. The van der Waals surface area contributed by atoms with Crippen molar-refractivity contribution in [2.24, 2.45) is 0 Å². The van der Waals surface area contributed by atoms with Crippen molar-refractivity contribution >= 4 is 34.5 Å². The minimum Gasteiger partial charge on any atom is -0.463 e. The topological polar surface area (TPSA) is 117 Å². The Morgan fingerprint density at radius 2 is 2.04 bits per heavy atom. The molecule has 0 aliphatic carbocycles. The van der Waals surface area contributed by atoms with Gasteiger partial charge in [-0.25, -0.2) is 9.18 Å². The molecule has 9 nitrogen and oxygen atoms in total. The lowest BCUT2D eigenvalue weighted by molar-refractivity contribution is -0.156. The molecule has 11 heteroatoms. The number of aromatic nitrogens is 2. The third kappa shape index (κ3) is 4.01. The number of carbonyl (C=O) groups is 2. The maximum atomic E-state index is 14.7. The minimum absolute atomic E-state index is 0.149. The van der Waals surface area contributed by atoms with Gasteiger partial charge in [-0.05, 0) is 22.6 Å². The fourth-order valence-electron chi connectivity index (χ4n) is 2.23. The van der Waals surface area contributed by atoms with E-state index in [1.807, 2.05) is 4.98 Å². The molecule has 0 aromatic carbocycles. The first kappa shape index (κ1) is 18.6. The quantitative estimate of drug-likeness (QED) is 0.496. The van der Waals surface area contributed by atoms with Crippen LogP contribution >= 0.6 is 22.6 Å². The molecule has 1 aliphatic rings. The molecular formula is C13H14FIN2O7. The molecule has 1 fully saturated rings. The highest BCUT2D eigenvalue weighted by Gasteiger charge is 2.49. The zero-order valence-electron chi connectivity index (χ0n) is 12.7. The molecule has 2 heterocycles. The lowest BCUT2D eigenvalue weighted by Crippen LogP contribution is -2.38. The Kier molecular flexibility index (Phi) is 5.74. The smallest absolute Gasteiger partial charge is 0.330 e. The van der Waals surface area contributed by atoms with Gasteiger partial charge in [0.15, 0.2) is 18.5 Å². The molecule has 0 radical (unpaired) electrons. The van der Waals surface area contributed by atoms with E-state index in [9.17, 15) is 23.6 Å². The number of hydrogen-bond donors (Lipinski definition) is 1. The number of ether oxygens (including phenoxy) is 3. The van der Waals surface area contributed by atoms with Gasteiger partial charge < -0.3 is 14.2 Å². The summed E-state index contributed by atoms with van der Waals surface area (Å²) in [6.07, 6.45) is -4.64. The maximum absolute atomic E-state index is 14.7. The molecule has 2 rings (SSSR count). The molecule has 4 atom stereocenters. The van der Waals surface area contributed by atoms with Crippen LogP contribution in [0.25, 0.3) is 0 Å². The van der Waals surface area contributed by atoms with Crippen LogP contribution < -0.4 is 11.2 Å². The van der Waals surface area contributed by atoms with Crippen molar-refractivity contribution in [3.63, 3.8) is 0 Å². The van der Waals surface area contributed by atoms with Gasteiger partial charge >= 0.3 is 17.6 Å². The van der Waals surface area contributed by atoms with E-state index in [4.69, 9.17) is 14.2 Å². The second-order valence-corrected chi connectivity index (χ2v) is 6.19. The lowest BCUT2D eigenvalue weighted by Gasteiger charge is -2.18. The van der Waals surface area contributed by atoms with Gasteiger partial charge in [-0.2, -0.15) is 0 Å². The van der Waals surface area contributed by atoms with Gasteiger partial charge in [0, 0.05) is 20.0 Å². The molecule has 0 saturated carbocycles. The van der Waals surface area contributed by atoms with E-state index in [-0.39, 0.29) is 10.2 Å².